The van der Waals surface area contributed by atoms with Crippen molar-refractivity contribution in [3.8, 4) is 0 Å². The van der Waals surface area contributed by atoms with Crippen molar-refractivity contribution in [2.75, 3.05) is 11.9 Å². The fourth-order valence-corrected chi connectivity index (χ4v) is 3.20. The first kappa shape index (κ1) is 17.4. The normalized spacial score (nSPS) is 15.9. The molecule has 0 unspecified atom stereocenters. The predicted molar refractivity (Wildman–Crippen MR) is 94.3 cm³/mol. The Morgan fingerprint density at radius 3 is 2.60 bits per heavy atom. The summed E-state index contributed by atoms with van der Waals surface area (Å²) in [5, 5.41) is 0. The van der Waals surface area contributed by atoms with Gasteiger partial charge in [-0.15, -0.1) is 0 Å². The van der Waals surface area contributed by atoms with E-state index in [2.05, 4.69) is 9.17 Å². The maximum absolute atomic E-state index is 12.6. The predicted octanol–water partition coefficient (Wildman–Crippen LogP) is 2.47. The number of fused-ring (bicyclic) bond motifs is 1. The number of hydrogen-bond donors (Lipinski definition) is 2. The van der Waals surface area contributed by atoms with Gasteiger partial charge in [-0.05, 0) is 49.2 Å². The van der Waals surface area contributed by atoms with Gasteiger partial charge >= 0.3 is 10.4 Å². The number of benzene rings is 1. The average molecular weight is 362 g/mol. The van der Waals surface area contributed by atoms with Gasteiger partial charge in [0.2, 0.25) is 0 Å². The molecule has 0 bridgehead atoms. The van der Waals surface area contributed by atoms with Crippen LogP contribution < -0.4 is 4.90 Å². The molecule has 0 saturated carbocycles. The van der Waals surface area contributed by atoms with E-state index >= 15 is 0 Å². The van der Waals surface area contributed by atoms with Crippen LogP contribution in [0.15, 0.2) is 24.3 Å². The second kappa shape index (κ2) is 6.14. The number of aromatic nitrogens is 1. The molecule has 0 fully saturated rings. The van der Waals surface area contributed by atoms with Gasteiger partial charge in [0.15, 0.2) is 0 Å². The number of aromatic amines is 1. The highest BCUT2D eigenvalue weighted by molar-refractivity contribution is 7.80. The van der Waals surface area contributed by atoms with Crippen molar-refractivity contribution in [3.05, 3.63) is 52.3 Å². The number of carbonyl (C=O) groups is 1. The Morgan fingerprint density at radius 2 is 2.00 bits per heavy atom. The smallest absolute Gasteiger partial charge is 0.359 e. The summed E-state index contributed by atoms with van der Waals surface area (Å²) in [7, 11) is -2.84. The molecule has 2 N–H and O–H groups in total. The molecule has 3 rings (SSSR count). The Hall–Kier alpha value is -2.42. The lowest BCUT2D eigenvalue weighted by molar-refractivity contribution is -0.112. The molecule has 7 nitrogen and oxygen atoms in total. The molecular formula is C17H18N2O5S. The Kier molecular flexibility index (Phi) is 4.28. The van der Waals surface area contributed by atoms with Gasteiger partial charge in [-0.25, -0.2) is 4.18 Å². The highest BCUT2D eigenvalue weighted by Crippen LogP contribution is 2.37. The van der Waals surface area contributed by atoms with Crippen molar-refractivity contribution in [3.63, 3.8) is 0 Å². The van der Waals surface area contributed by atoms with E-state index < -0.39 is 10.4 Å². The second-order valence-corrected chi connectivity index (χ2v) is 7.10. The van der Waals surface area contributed by atoms with Crippen LogP contribution in [0, 0.1) is 13.8 Å². The number of rotatable bonds is 4. The van der Waals surface area contributed by atoms with Gasteiger partial charge in [0, 0.05) is 24.0 Å². The monoisotopic (exact) mass is 362 g/mol. The number of carbonyl (C=O) groups excluding carboxylic acids is 1. The first-order valence-electron chi connectivity index (χ1n) is 7.57. The van der Waals surface area contributed by atoms with Crippen molar-refractivity contribution in [2.45, 2.75) is 20.5 Å². The Balaban J connectivity index is 2.03. The van der Waals surface area contributed by atoms with Crippen molar-refractivity contribution in [1.82, 2.24) is 4.98 Å². The molecule has 2 heterocycles. The zero-order valence-corrected chi connectivity index (χ0v) is 14.8. The summed E-state index contributed by atoms with van der Waals surface area (Å²) >= 11 is 0. The average Bonchev–Trinajstić information content (AvgIpc) is 2.96. The summed E-state index contributed by atoms with van der Waals surface area (Å²) in [5.41, 5.74) is 5.34. The molecule has 0 radical (unpaired) electrons. The van der Waals surface area contributed by atoms with Crippen LogP contribution in [0.1, 0.15) is 28.1 Å². The fourth-order valence-electron chi connectivity index (χ4n) is 2.91. The lowest BCUT2D eigenvalue weighted by atomic mass is 10.0. The number of nitrogens with one attached hydrogen (secondary N) is 1. The van der Waals surface area contributed by atoms with Crippen molar-refractivity contribution < 1.29 is 21.9 Å². The van der Waals surface area contributed by atoms with E-state index in [-0.39, 0.29) is 12.5 Å². The lowest BCUT2D eigenvalue weighted by Gasteiger charge is -2.09. The molecule has 2 aromatic rings. The Morgan fingerprint density at radius 1 is 1.28 bits per heavy atom. The minimum Gasteiger partial charge on any atom is -0.359 e. The van der Waals surface area contributed by atoms with Gasteiger partial charge in [-0.3, -0.25) is 9.35 Å². The van der Waals surface area contributed by atoms with Gasteiger partial charge < -0.3 is 9.88 Å². The molecule has 0 saturated heterocycles. The van der Waals surface area contributed by atoms with Crippen molar-refractivity contribution in [2.24, 2.45) is 0 Å². The van der Waals surface area contributed by atoms with Gasteiger partial charge in [-0.2, -0.15) is 8.42 Å². The number of aryl methyl sites for hydroxylation is 2. The number of hydrogen-bond acceptors (Lipinski definition) is 4. The molecule has 1 aliphatic rings. The molecule has 0 aliphatic carbocycles. The first-order valence-corrected chi connectivity index (χ1v) is 8.93. The summed E-state index contributed by atoms with van der Waals surface area (Å²) < 4.78 is 34.6. The minimum absolute atomic E-state index is 0.144. The van der Waals surface area contributed by atoms with Crippen molar-refractivity contribution in [1.29, 1.82) is 0 Å². The highest BCUT2D eigenvalue weighted by atomic mass is 32.3. The highest BCUT2D eigenvalue weighted by Gasteiger charge is 2.30. The summed E-state index contributed by atoms with van der Waals surface area (Å²) in [6.45, 7) is 3.59. The van der Waals surface area contributed by atoms with E-state index in [0.29, 0.717) is 16.7 Å². The third-order valence-electron chi connectivity index (χ3n) is 4.10. The molecule has 0 spiro atoms. The molecule has 25 heavy (non-hydrogen) atoms. The number of nitrogens with zero attached hydrogens (tertiary/aromatic N) is 1. The van der Waals surface area contributed by atoms with Crippen LogP contribution in [-0.4, -0.2) is 30.9 Å². The lowest BCUT2D eigenvalue weighted by Crippen LogP contribution is -2.20. The molecule has 1 aromatic carbocycles. The number of amides is 1. The van der Waals surface area contributed by atoms with E-state index in [1.807, 2.05) is 19.9 Å². The molecule has 1 aromatic heterocycles. The van der Waals surface area contributed by atoms with Crippen molar-refractivity contribution >= 4 is 33.6 Å². The van der Waals surface area contributed by atoms with Crippen LogP contribution in [0.3, 0.4) is 0 Å². The second-order valence-electron chi connectivity index (χ2n) is 6.01. The van der Waals surface area contributed by atoms with E-state index in [0.717, 1.165) is 22.6 Å². The number of likely N-dealkylation sites (N-methyl/N-ethyl adjacent to an activating group) is 1. The van der Waals surface area contributed by atoms with E-state index in [1.54, 1.807) is 36.2 Å². The largest absolute Gasteiger partial charge is 0.397 e. The van der Waals surface area contributed by atoms with Gasteiger partial charge in [0.05, 0.1) is 17.9 Å². The minimum atomic E-state index is -4.52. The van der Waals surface area contributed by atoms with Crippen LogP contribution >= 0.6 is 0 Å². The van der Waals surface area contributed by atoms with E-state index in [9.17, 15) is 13.2 Å². The summed E-state index contributed by atoms with van der Waals surface area (Å²) in [6, 6.07) is 7.07. The van der Waals surface area contributed by atoms with Crippen LogP contribution in [0.25, 0.3) is 11.6 Å². The van der Waals surface area contributed by atoms with Gasteiger partial charge in [0.25, 0.3) is 5.91 Å². The summed E-state index contributed by atoms with van der Waals surface area (Å²) in [5.74, 6) is -0.144. The van der Waals surface area contributed by atoms with Gasteiger partial charge in [0.1, 0.15) is 0 Å². The van der Waals surface area contributed by atoms with Crippen LogP contribution in [0.5, 0.6) is 0 Å². The molecule has 1 amide bonds. The fraction of sp³-hybridized carbons (Fsp3) is 0.235. The van der Waals surface area contributed by atoms with Crippen LogP contribution in [0.4, 0.5) is 5.69 Å². The molecular weight excluding hydrogens is 344 g/mol. The maximum Gasteiger partial charge on any atom is 0.397 e. The SMILES string of the molecule is Cc1cc(C)c(C=C2C(=O)N(C)c3ccc(COS(=O)(=O)O)cc32)[nH]1. The molecule has 132 valence electrons. The van der Waals surface area contributed by atoms with Gasteiger partial charge in [-0.1, -0.05) is 6.07 Å². The quantitative estimate of drug-likeness (QED) is 0.643. The zero-order chi connectivity index (χ0) is 18.4. The molecule has 0 atom stereocenters. The Bertz CT molecular complexity index is 988. The summed E-state index contributed by atoms with van der Waals surface area (Å²) in [6.07, 6.45) is 1.79. The molecule has 8 heteroatoms. The third-order valence-corrected chi connectivity index (χ3v) is 4.52. The summed E-state index contributed by atoms with van der Waals surface area (Å²) in [4.78, 5) is 17.3. The first-order chi connectivity index (χ1) is 11.7. The number of anilines is 1. The third kappa shape index (κ3) is 3.51. The van der Waals surface area contributed by atoms with E-state index in [4.69, 9.17) is 4.55 Å². The molecule has 1 aliphatic heterocycles. The number of H-pyrrole nitrogens is 1. The topological polar surface area (TPSA) is 99.7 Å². The van der Waals surface area contributed by atoms with Crippen LogP contribution in [0.2, 0.25) is 0 Å². The Labute approximate surface area is 145 Å². The van der Waals surface area contributed by atoms with Crippen LogP contribution in [-0.2, 0) is 26.0 Å². The van der Waals surface area contributed by atoms with E-state index in [1.165, 1.54) is 0 Å². The maximum atomic E-state index is 12.6. The standard InChI is InChI=1S/C17H18N2O5S/c1-10-6-11(2)18-15(10)8-14-13-7-12(9-24-25(21,22)23)4-5-16(13)19(3)17(14)20/h4-8,18H,9H2,1-3H3,(H,21,22,23). The zero-order valence-electron chi connectivity index (χ0n) is 14.0.